The van der Waals surface area contributed by atoms with Crippen LogP contribution in [0.2, 0.25) is 0 Å². The monoisotopic (exact) mass is 270 g/mol. The summed E-state index contributed by atoms with van der Waals surface area (Å²) in [5.41, 5.74) is 2.65. The molecule has 2 atom stereocenters. The third-order valence-electron chi connectivity index (χ3n) is 3.64. The summed E-state index contributed by atoms with van der Waals surface area (Å²) < 4.78 is 0. The topological polar surface area (TPSA) is 20.2 Å². The maximum Gasteiger partial charge on any atom is 0.0567 e. The molecular formula is C17H18OS. The van der Waals surface area contributed by atoms with Crippen LogP contribution >= 0.6 is 11.8 Å². The van der Waals surface area contributed by atoms with Gasteiger partial charge >= 0.3 is 0 Å². The molecule has 1 aliphatic rings. The molecule has 0 aromatic heterocycles. The highest BCUT2D eigenvalue weighted by Crippen LogP contribution is 2.49. The van der Waals surface area contributed by atoms with Crippen LogP contribution in [0.15, 0.2) is 60.7 Å². The molecule has 1 saturated heterocycles. The SMILES string of the molecule is OC1C[C@H](c2ccccc2)S[C@@H](c2ccccc2)C1. The Hall–Kier alpha value is -1.25. The predicted molar refractivity (Wildman–Crippen MR) is 81.2 cm³/mol. The molecule has 0 aliphatic carbocycles. The van der Waals surface area contributed by atoms with E-state index < -0.39 is 0 Å². The Balaban J connectivity index is 1.82. The first-order valence-corrected chi connectivity index (χ1v) is 7.70. The molecule has 0 spiro atoms. The Labute approximate surface area is 118 Å². The van der Waals surface area contributed by atoms with Crippen LogP contribution in [0.5, 0.6) is 0 Å². The molecule has 98 valence electrons. The summed E-state index contributed by atoms with van der Waals surface area (Å²) in [5, 5.41) is 11.0. The van der Waals surface area contributed by atoms with Crippen LogP contribution in [0.3, 0.4) is 0 Å². The van der Waals surface area contributed by atoms with Crippen LogP contribution < -0.4 is 0 Å². The van der Waals surface area contributed by atoms with Gasteiger partial charge in [0, 0.05) is 10.5 Å². The normalized spacial score (nSPS) is 27.1. The van der Waals surface area contributed by atoms with Gasteiger partial charge < -0.3 is 5.11 Å². The summed E-state index contributed by atoms with van der Waals surface area (Å²) in [4.78, 5) is 0. The Bertz CT molecular complexity index is 464. The van der Waals surface area contributed by atoms with Crippen LogP contribution in [0.4, 0.5) is 0 Å². The van der Waals surface area contributed by atoms with Gasteiger partial charge in [-0.3, -0.25) is 0 Å². The minimum absolute atomic E-state index is 0.198. The molecule has 0 saturated carbocycles. The van der Waals surface area contributed by atoms with Crippen molar-refractivity contribution in [2.75, 3.05) is 0 Å². The third-order valence-corrected chi connectivity index (χ3v) is 5.23. The van der Waals surface area contributed by atoms with E-state index in [0.29, 0.717) is 10.5 Å². The molecule has 1 nitrogen and oxygen atoms in total. The van der Waals surface area contributed by atoms with Crippen molar-refractivity contribution in [3.05, 3.63) is 71.8 Å². The molecule has 0 radical (unpaired) electrons. The van der Waals surface area contributed by atoms with Gasteiger partial charge in [-0.1, -0.05) is 60.7 Å². The molecule has 0 unspecified atom stereocenters. The number of aliphatic hydroxyl groups excluding tert-OH is 1. The van der Waals surface area contributed by atoms with Crippen LogP contribution in [0.1, 0.15) is 34.5 Å². The van der Waals surface area contributed by atoms with Crippen molar-refractivity contribution in [3.8, 4) is 0 Å². The van der Waals surface area contributed by atoms with Crippen molar-refractivity contribution >= 4 is 11.8 Å². The van der Waals surface area contributed by atoms with Gasteiger partial charge in [-0.2, -0.15) is 0 Å². The van der Waals surface area contributed by atoms with E-state index in [9.17, 15) is 5.11 Å². The van der Waals surface area contributed by atoms with Gasteiger partial charge in [0.15, 0.2) is 0 Å². The summed E-state index contributed by atoms with van der Waals surface area (Å²) in [7, 11) is 0. The van der Waals surface area contributed by atoms with E-state index in [1.54, 1.807) is 0 Å². The lowest BCUT2D eigenvalue weighted by Gasteiger charge is -2.32. The number of hydrogen-bond donors (Lipinski definition) is 1. The van der Waals surface area contributed by atoms with Gasteiger partial charge in [-0.15, -0.1) is 11.8 Å². The molecule has 19 heavy (non-hydrogen) atoms. The van der Waals surface area contributed by atoms with Gasteiger partial charge in [0.05, 0.1) is 6.10 Å². The second kappa shape index (κ2) is 5.81. The molecular weight excluding hydrogens is 252 g/mol. The lowest BCUT2D eigenvalue weighted by molar-refractivity contribution is 0.148. The molecule has 1 aliphatic heterocycles. The second-order valence-corrected chi connectivity index (χ2v) is 6.47. The van der Waals surface area contributed by atoms with E-state index in [2.05, 4.69) is 48.5 Å². The zero-order valence-electron chi connectivity index (χ0n) is 10.8. The number of hydrogen-bond acceptors (Lipinski definition) is 2. The molecule has 1 fully saturated rings. The van der Waals surface area contributed by atoms with Gasteiger partial charge in [-0.05, 0) is 24.0 Å². The first-order valence-electron chi connectivity index (χ1n) is 6.76. The van der Waals surface area contributed by atoms with Crippen LogP contribution in [0.25, 0.3) is 0 Å². The fourth-order valence-electron chi connectivity index (χ4n) is 2.66. The van der Waals surface area contributed by atoms with Gasteiger partial charge in [0.25, 0.3) is 0 Å². The number of aliphatic hydroxyl groups is 1. The van der Waals surface area contributed by atoms with Gasteiger partial charge in [0.1, 0.15) is 0 Å². The molecule has 0 amide bonds. The quantitative estimate of drug-likeness (QED) is 0.875. The third kappa shape index (κ3) is 3.02. The largest absolute Gasteiger partial charge is 0.393 e. The first-order chi connectivity index (χ1) is 9.33. The zero-order valence-corrected chi connectivity index (χ0v) is 11.6. The van der Waals surface area contributed by atoms with Crippen molar-refractivity contribution in [2.45, 2.75) is 29.4 Å². The standard InChI is InChI=1S/C17H18OS/c18-15-11-16(13-7-3-1-4-8-13)19-17(12-15)14-9-5-2-6-10-14/h1-10,15-18H,11-12H2/t16-,17-/m1/s1. The Morgan fingerprint density at radius 1 is 0.737 bits per heavy atom. The Morgan fingerprint density at radius 3 is 1.58 bits per heavy atom. The average Bonchev–Trinajstić information content (AvgIpc) is 2.48. The van der Waals surface area contributed by atoms with Crippen molar-refractivity contribution in [3.63, 3.8) is 0 Å². The molecule has 3 rings (SSSR count). The summed E-state index contributed by atoms with van der Waals surface area (Å²) in [6.07, 6.45) is 1.52. The van der Waals surface area contributed by atoms with Gasteiger partial charge in [-0.25, -0.2) is 0 Å². The Kier molecular flexibility index (Phi) is 3.90. The van der Waals surface area contributed by atoms with Crippen LogP contribution in [-0.2, 0) is 0 Å². The highest BCUT2D eigenvalue weighted by atomic mass is 32.2. The molecule has 0 bridgehead atoms. The summed E-state index contributed by atoms with van der Waals surface area (Å²) in [5.74, 6) is 0. The highest BCUT2D eigenvalue weighted by Gasteiger charge is 2.29. The molecule has 1 heterocycles. The summed E-state index contributed by atoms with van der Waals surface area (Å²) in [6, 6.07) is 21.1. The van der Waals surface area contributed by atoms with E-state index in [1.807, 2.05) is 23.9 Å². The van der Waals surface area contributed by atoms with Crippen molar-refractivity contribution < 1.29 is 5.11 Å². The summed E-state index contributed by atoms with van der Waals surface area (Å²) in [6.45, 7) is 0. The van der Waals surface area contributed by atoms with E-state index >= 15 is 0 Å². The number of rotatable bonds is 2. The Morgan fingerprint density at radius 2 is 1.16 bits per heavy atom. The maximum atomic E-state index is 10.2. The van der Waals surface area contributed by atoms with Crippen LogP contribution in [-0.4, -0.2) is 11.2 Å². The fraction of sp³-hybridized carbons (Fsp3) is 0.294. The zero-order chi connectivity index (χ0) is 13.1. The average molecular weight is 270 g/mol. The molecule has 2 aromatic rings. The number of benzene rings is 2. The molecule has 1 N–H and O–H groups in total. The van der Waals surface area contributed by atoms with Gasteiger partial charge in [0.2, 0.25) is 0 Å². The minimum atomic E-state index is -0.198. The minimum Gasteiger partial charge on any atom is -0.393 e. The highest BCUT2D eigenvalue weighted by molar-refractivity contribution is 7.99. The molecule has 2 aromatic carbocycles. The fourth-order valence-corrected chi connectivity index (χ4v) is 4.36. The van der Waals surface area contributed by atoms with Crippen molar-refractivity contribution in [1.82, 2.24) is 0 Å². The number of thioether (sulfide) groups is 1. The van der Waals surface area contributed by atoms with E-state index in [4.69, 9.17) is 0 Å². The predicted octanol–water partition coefficient (Wildman–Crippen LogP) is 4.36. The maximum absolute atomic E-state index is 10.2. The van der Waals surface area contributed by atoms with Crippen LogP contribution in [0, 0.1) is 0 Å². The van der Waals surface area contributed by atoms with E-state index in [-0.39, 0.29) is 6.10 Å². The smallest absolute Gasteiger partial charge is 0.0567 e. The summed E-state index contributed by atoms with van der Waals surface area (Å²) >= 11 is 1.98. The lowest BCUT2D eigenvalue weighted by atomic mass is 9.99. The van der Waals surface area contributed by atoms with E-state index in [0.717, 1.165) is 12.8 Å². The van der Waals surface area contributed by atoms with Crippen molar-refractivity contribution in [2.24, 2.45) is 0 Å². The van der Waals surface area contributed by atoms with E-state index in [1.165, 1.54) is 11.1 Å². The first kappa shape index (κ1) is 12.8. The van der Waals surface area contributed by atoms with Crippen molar-refractivity contribution in [1.29, 1.82) is 0 Å². The second-order valence-electron chi connectivity index (χ2n) is 5.06. The lowest BCUT2D eigenvalue weighted by Crippen LogP contribution is -2.20. The molecule has 2 heteroatoms.